The van der Waals surface area contributed by atoms with Crippen LogP contribution in [0, 0.1) is 5.41 Å². The highest BCUT2D eigenvalue weighted by molar-refractivity contribution is 5.91. The van der Waals surface area contributed by atoms with Crippen LogP contribution < -0.4 is 10.6 Å². The maximum atomic E-state index is 11.9. The van der Waals surface area contributed by atoms with Gasteiger partial charge in [0.15, 0.2) is 0 Å². The molecule has 0 radical (unpaired) electrons. The SMILES string of the molecule is COC1CC(NC(=O)Nc2ccc(C(=O)O)cc2)C1(C)C. The van der Waals surface area contributed by atoms with E-state index in [0.29, 0.717) is 5.69 Å². The van der Waals surface area contributed by atoms with Crippen molar-refractivity contribution in [3.05, 3.63) is 29.8 Å². The van der Waals surface area contributed by atoms with Crippen LogP contribution in [0.3, 0.4) is 0 Å². The predicted molar refractivity (Wildman–Crippen MR) is 78.5 cm³/mol. The molecule has 1 saturated carbocycles. The van der Waals surface area contributed by atoms with Crippen LogP contribution in [0.4, 0.5) is 10.5 Å². The van der Waals surface area contributed by atoms with Crippen molar-refractivity contribution in [1.29, 1.82) is 0 Å². The monoisotopic (exact) mass is 292 g/mol. The Bertz CT molecular complexity index is 539. The van der Waals surface area contributed by atoms with Gasteiger partial charge in [0, 0.05) is 24.3 Å². The van der Waals surface area contributed by atoms with Gasteiger partial charge in [-0.3, -0.25) is 0 Å². The van der Waals surface area contributed by atoms with Crippen molar-refractivity contribution in [2.24, 2.45) is 5.41 Å². The summed E-state index contributed by atoms with van der Waals surface area (Å²) in [5.74, 6) is -0.993. The first-order chi connectivity index (χ1) is 9.84. The number of urea groups is 1. The standard InChI is InChI=1S/C15H20N2O4/c1-15(2)11(8-12(15)21-3)17-14(20)16-10-6-4-9(5-7-10)13(18)19/h4-7,11-12H,8H2,1-3H3,(H,18,19)(H2,16,17,20). The maximum absolute atomic E-state index is 11.9. The van der Waals surface area contributed by atoms with Gasteiger partial charge in [0.1, 0.15) is 0 Å². The minimum atomic E-state index is -0.993. The summed E-state index contributed by atoms with van der Waals surface area (Å²) in [5, 5.41) is 14.4. The number of carboxylic acids is 1. The molecular formula is C15H20N2O4. The number of carbonyl (C=O) groups is 2. The van der Waals surface area contributed by atoms with E-state index < -0.39 is 5.97 Å². The maximum Gasteiger partial charge on any atom is 0.335 e. The van der Waals surface area contributed by atoms with Crippen LogP contribution in [0.25, 0.3) is 0 Å². The molecule has 1 fully saturated rings. The molecule has 2 atom stereocenters. The molecule has 0 aliphatic heterocycles. The van der Waals surface area contributed by atoms with Gasteiger partial charge in [-0.15, -0.1) is 0 Å². The molecule has 0 saturated heterocycles. The molecule has 1 aromatic rings. The van der Waals surface area contributed by atoms with Crippen molar-refractivity contribution in [2.75, 3.05) is 12.4 Å². The molecule has 2 unspecified atom stereocenters. The molecule has 1 aliphatic carbocycles. The molecule has 1 aromatic carbocycles. The number of amides is 2. The summed E-state index contributed by atoms with van der Waals surface area (Å²) in [7, 11) is 1.67. The zero-order valence-electron chi connectivity index (χ0n) is 12.3. The fraction of sp³-hybridized carbons (Fsp3) is 0.467. The molecule has 1 aliphatic rings. The summed E-state index contributed by atoms with van der Waals surface area (Å²) >= 11 is 0. The highest BCUT2D eigenvalue weighted by Gasteiger charge is 2.49. The number of ether oxygens (including phenoxy) is 1. The molecule has 2 rings (SSSR count). The van der Waals surface area contributed by atoms with Crippen LogP contribution in [-0.2, 0) is 4.74 Å². The van der Waals surface area contributed by atoms with E-state index >= 15 is 0 Å². The number of carboxylic acid groups (broad SMARTS) is 1. The Morgan fingerprint density at radius 3 is 2.38 bits per heavy atom. The third-order valence-corrected chi connectivity index (χ3v) is 4.16. The molecule has 114 valence electrons. The number of benzene rings is 1. The fourth-order valence-corrected chi connectivity index (χ4v) is 2.55. The van der Waals surface area contributed by atoms with Gasteiger partial charge in [0.05, 0.1) is 11.7 Å². The van der Waals surface area contributed by atoms with E-state index in [-0.39, 0.29) is 29.2 Å². The molecule has 21 heavy (non-hydrogen) atoms. The van der Waals surface area contributed by atoms with Gasteiger partial charge in [0.25, 0.3) is 0 Å². The Kier molecular flexibility index (Phi) is 4.18. The van der Waals surface area contributed by atoms with E-state index in [1.165, 1.54) is 12.1 Å². The molecule has 0 heterocycles. The number of aromatic carboxylic acids is 1. The topological polar surface area (TPSA) is 87.7 Å². The Labute approximate surface area is 123 Å². The second-order valence-corrected chi connectivity index (χ2v) is 5.81. The molecule has 6 nitrogen and oxygen atoms in total. The highest BCUT2D eigenvalue weighted by atomic mass is 16.5. The number of hydrogen-bond donors (Lipinski definition) is 3. The third kappa shape index (κ3) is 3.16. The highest BCUT2D eigenvalue weighted by Crippen LogP contribution is 2.42. The van der Waals surface area contributed by atoms with Gasteiger partial charge in [0.2, 0.25) is 0 Å². The van der Waals surface area contributed by atoms with Crippen LogP contribution >= 0.6 is 0 Å². The first-order valence-corrected chi connectivity index (χ1v) is 6.78. The number of rotatable bonds is 4. The van der Waals surface area contributed by atoms with Gasteiger partial charge in [-0.2, -0.15) is 0 Å². The van der Waals surface area contributed by atoms with Crippen molar-refractivity contribution in [2.45, 2.75) is 32.4 Å². The number of methoxy groups -OCH3 is 1. The lowest BCUT2D eigenvalue weighted by atomic mass is 9.64. The van der Waals surface area contributed by atoms with Crippen molar-refractivity contribution in [3.8, 4) is 0 Å². The lowest BCUT2D eigenvalue weighted by molar-refractivity contribution is -0.0931. The Morgan fingerprint density at radius 2 is 1.90 bits per heavy atom. The van der Waals surface area contributed by atoms with Crippen molar-refractivity contribution < 1.29 is 19.4 Å². The van der Waals surface area contributed by atoms with E-state index in [2.05, 4.69) is 24.5 Å². The van der Waals surface area contributed by atoms with E-state index in [1.54, 1.807) is 19.2 Å². The van der Waals surface area contributed by atoms with Gasteiger partial charge in [-0.25, -0.2) is 9.59 Å². The first kappa shape index (κ1) is 15.3. The Balaban J connectivity index is 1.89. The van der Waals surface area contributed by atoms with Crippen molar-refractivity contribution >= 4 is 17.7 Å². The van der Waals surface area contributed by atoms with E-state index in [1.807, 2.05) is 0 Å². The lowest BCUT2D eigenvalue weighted by Crippen LogP contribution is -2.62. The average molecular weight is 292 g/mol. The van der Waals surface area contributed by atoms with Crippen LogP contribution in [0.15, 0.2) is 24.3 Å². The second-order valence-electron chi connectivity index (χ2n) is 5.81. The lowest BCUT2D eigenvalue weighted by Gasteiger charge is -2.51. The minimum absolute atomic E-state index is 0.0562. The quantitative estimate of drug-likeness (QED) is 0.794. The van der Waals surface area contributed by atoms with Gasteiger partial charge < -0.3 is 20.5 Å². The Hall–Kier alpha value is -2.08. The average Bonchev–Trinajstić information content (AvgIpc) is 2.43. The van der Waals surface area contributed by atoms with E-state index in [0.717, 1.165) is 6.42 Å². The minimum Gasteiger partial charge on any atom is -0.478 e. The number of carbonyl (C=O) groups excluding carboxylic acids is 1. The third-order valence-electron chi connectivity index (χ3n) is 4.16. The molecule has 0 aromatic heterocycles. The van der Waals surface area contributed by atoms with Crippen molar-refractivity contribution in [1.82, 2.24) is 5.32 Å². The second kappa shape index (κ2) is 5.73. The Morgan fingerprint density at radius 1 is 1.29 bits per heavy atom. The summed E-state index contributed by atoms with van der Waals surface area (Å²) in [6.07, 6.45) is 0.937. The van der Waals surface area contributed by atoms with E-state index in [4.69, 9.17) is 9.84 Å². The zero-order chi connectivity index (χ0) is 15.6. The number of nitrogens with one attached hydrogen (secondary N) is 2. The summed E-state index contributed by atoms with van der Waals surface area (Å²) in [4.78, 5) is 22.7. The zero-order valence-corrected chi connectivity index (χ0v) is 12.3. The molecule has 6 heteroatoms. The van der Waals surface area contributed by atoms with E-state index in [9.17, 15) is 9.59 Å². The molecule has 3 N–H and O–H groups in total. The normalized spacial score (nSPS) is 23.0. The summed E-state index contributed by atoms with van der Waals surface area (Å²) in [6, 6.07) is 5.78. The van der Waals surface area contributed by atoms with Crippen LogP contribution in [-0.4, -0.2) is 36.4 Å². The first-order valence-electron chi connectivity index (χ1n) is 6.78. The molecule has 0 bridgehead atoms. The van der Waals surface area contributed by atoms with Crippen LogP contribution in [0.5, 0.6) is 0 Å². The van der Waals surface area contributed by atoms with Crippen molar-refractivity contribution in [3.63, 3.8) is 0 Å². The van der Waals surface area contributed by atoms with Crippen LogP contribution in [0.1, 0.15) is 30.6 Å². The summed E-state index contributed by atoms with van der Waals surface area (Å²) in [5.41, 5.74) is 0.640. The smallest absolute Gasteiger partial charge is 0.335 e. The number of anilines is 1. The van der Waals surface area contributed by atoms with Gasteiger partial charge in [-0.1, -0.05) is 13.8 Å². The van der Waals surface area contributed by atoms with Gasteiger partial charge in [-0.05, 0) is 30.7 Å². The van der Waals surface area contributed by atoms with Crippen LogP contribution in [0.2, 0.25) is 0 Å². The molecular weight excluding hydrogens is 272 g/mol. The largest absolute Gasteiger partial charge is 0.478 e. The molecule has 2 amide bonds. The summed E-state index contributed by atoms with van der Waals surface area (Å²) < 4.78 is 5.34. The molecule has 0 spiro atoms. The number of hydrogen-bond acceptors (Lipinski definition) is 3. The summed E-state index contributed by atoms with van der Waals surface area (Å²) in [6.45, 7) is 4.11. The fourth-order valence-electron chi connectivity index (χ4n) is 2.55. The van der Waals surface area contributed by atoms with Gasteiger partial charge >= 0.3 is 12.0 Å². The predicted octanol–water partition coefficient (Wildman–Crippen LogP) is 2.32.